The quantitative estimate of drug-likeness (QED) is 0.535. The van der Waals surface area contributed by atoms with E-state index in [9.17, 15) is 4.79 Å². The van der Waals surface area contributed by atoms with Crippen molar-refractivity contribution in [2.75, 3.05) is 6.54 Å². The number of H-pyrrole nitrogens is 1. The maximum absolute atomic E-state index is 11.4. The maximum Gasteiger partial charge on any atom is 0.254 e. The standard InChI is InChI=1S/C9H13N3O/c1-3-4-5-10-9(13)8-6-11-12-7(8)2/h3,6H,1,4-5H2,2H3,(H,10,13)(H,11,12). The summed E-state index contributed by atoms with van der Waals surface area (Å²) in [5, 5.41) is 9.23. The summed E-state index contributed by atoms with van der Waals surface area (Å²) in [5.74, 6) is -0.0897. The van der Waals surface area contributed by atoms with Gasteiger partial charge in [-0.15, -0.1) is 6.58 Å². The highest BCUT2D eigenvalue weighted by molar-refractivity contribution is 5.94. The van der Waals surface area contributed by atoms with Crippen molar-refractivity contribution in [3.05, 3.63) is 30.1 Å². The number of aromatic nitrogens is 2. The Bertz CT molecular complexity index is 304. The molecule has 0 aliphatic carbocycles. The fraction of sp³-hybridized carbons (Fsp3) is 0.333. The molecule has 1 aromatic heterocycles. The van der Waals surface area contributed by atoms with Gasteiger partial charge in [0, 0.05) is 12.2 Å². The summed E-state index contributed by atoms with van der Waals surface area (Å²) in [7, 11) is 0. The molecule has 1 rings (SSSR count). The van der Waals surface area contributed by atoms with Crippen LogP contribution in [-0.2, 0) is 0 Å². The van der Waals surface area contributed by atoms with Gasteiger partial charge in [-0.3, -0.25) is 9.89 Å². The fourth-order valence-electron chi connectivity index (χ4n) is 0.963. The van der Waals surface area contributed by atoms with Crippen LogP contribution in [0, 0.1) is 6.92 Å². The first-order valence-electron chi connectivity index (χ1n) is 4.14. The van der Waals surface area contributed by atoms with Crippen molar-refractivity contribution in [1.29, 1.82) is 0 Å². The molecule has 0 unspecified atom stereocenters. The Morgan fingerprint density at radius 1 is 1.85 bits per heavy atom. The minimum atomic E-state index is -0.0897. The van der Waals surface area contributed by atoms with Crippen molar-refractivity contribution in [2.45, 2.75) is 13.3 Å². The molecule has 4 nitrogen and oxygen atoms in total. The number of carbonyl (C=O) groups excluding carboxylic acids is 1. The molecule has 13 heavy (non-hydrogen) atoms. The molecular weight excluding hydrogens is 166 g/mol. The smallest absolute Gasteiger partial charge is 0.254 e. The molecule has 0 saturated carbocycles. The number of rotatable bonds is 4. The number of nitrogens with one attached hydrogen (secondary N) is 2. The van der Waals surface area contributed by atoms with Gasteiger partial charge in [0.05, 0.1) is 11.8 Å². The van der Waals surface area contributed by atoms with Gasteiger partial charge in [0.15, 0.2) is 0 Å². The number of nitrogens with zero attached hydrogens (tertiary/aromatic N) is 1. The second-order valence-corrected chi connectivity index (χ2v) is 2.74. The minimum absolute atomic E-state index is 0.0897. The lowest BCUT2D eigenvalue weighted by molar-refractivity contribution is 0.0954. The molecule has 1 heterocycles. The highest BCUT2D eigenvalue weighted by Gasteiger charge is 2.08. The Kier molecular flexibility index (Phi) is 3.25. The number of hydrogen-bond donors (Lipinski definition) is 2. The van der Waals surface area contributed by atoms with E-state index in [0.29, 0.717) is 12.1 Å². The van der Waals surface area contributed by atoms with Crippen LogP contribution in [0.4, 0.5) is 0 Å². The Balaban J connectivity index is 2.49. The molecule has 0 radical (unpaired) electrons. The monoisotopic (exact) mass is 179 g/mol. The van der Waals surface area contributed by atoms with Crippen molar-refractivity contribution in [2.24, 2.45) is 0 Å². The zero-order chi connectivity index (χ0) is 9.68. The van der Waals surface area contributed by atoms with Gasteiger partial charge in [-0.1, -0.05) is 6.08 Å². The third kappa shape index (κ3) is 2.43. The topological polar surface area (TPSA) is 57.8 Å². The van der Waals surface area contributed by atoms with E-state index in [4.69, 9.17) is 0 Å². The van der Waals surface area contributed by atoms with Gasteiger partial charge in [-0.05, 0) is 13.3 Å². The van der Waals surface area contributed by atoms with E-state index in [0.717, 1.165) is 12.1 Å². The van der Waals surface area contributed by atoms with E-state index in [1.54, 1.807) is 6.08 Å². The van der Waals surface area contributed by atoms with Crippen LogP contribution in [0.2, 0.25) is 0 Å². The summed E-state index contributed by atoms with van der Waals surface area (Å²) in [6, 6.07) is 0. The Morgan fingerprint density at radius 3 is 3.15 bits per heavy atom. The lowest BCUT2D eigenvalue weighted by Crippen LogP contribution is -2.24. The molecule has 0 aliphatic rings. The SMILES string of the molecule is C=CCCNC(=O)c1cn[nH]c1C. The normalized spacial score (nSPS) is 9.62. The largest absolute Gasteiger partial charge is 0.352 e. The van der Waals surface area contributed by atoms with E-state index in [1.807, 2.05) is 6.92 Å². The van der Waals surface area contributed by atoms with E-state index in [2.05, 4.69) is 22.1 Å². The van der Waals surface area contributed by atoms with Crippen molar-refractivity contribution < 1.29 is 4.79 Å². The highest BCUT2D eigenvalue weighted by atomic mass is 16.1. The Labute approximate surface area is 77.0 Å². The first-order chi connectivity index (χ1) is 6.25. The summed E-state index contributed by atoms with van der Waals surface area (Å²) in [6.07, 6.45) is 4.07. The molecule has 0 aliphatic heterocycles. The van der Waals surface area contributed by atoms with Crippen LogP contribution >= 0.6 is 0 Å². The summed E-state index contributed by atoms with van der Waals surface area (Å²) < 4.78 is 0. The average Bonchev–Trinajstić information content (AvgIpc) is 2.52. The predicted molar refractivity (Wildman–Crippen MR) is 50.5 cm³/mol. The van der Waals surface area contributed by atoms with Gasteiger partial charge in [-0.25, -0.2) is 0 Å². The van der Waals surface area contributed by atoms with Crippen LogP contribution in [0.1, 0.15) is 22.5 Å². The molecule has 0 fully saturated rings. The van der Waals surface area contributed by atoms with Crippen LogP contribution in [0.5, 0.6) is 0 Å². The third-order valence-corrected chi connectivity index (χ3v) is 1.71. The van der Waals surface area contributed by atoms with E-state index in [1.165, 1.54) is 6.20 Å². The van der Waals surface area contributed by atoms with Crippen LogP contribution in [0.25, 0.3) is 0 Å². The zero-order valence-electron chi connectivity index (χ0n) is 7.63. The lowest BCUT2D eigenvalue weighted by Gasteiger charge is -2.00. The minimum Gasteiger partial charge on any atom is -0.352 e. The molecule has 70 valence electrons. The van der Waals surface area contributed by atoms with Gasteiger partial charge in [0.2, 0.25) is 0 Å². The second-order valence-electron chi connectivity index (χ2n) is 2.74. The van der Waals surface area contributed by atoms with Crippen LogP contribution < -0.4 is 5.32 Å². The van der Waals surface area contributed by atoms with E-state index >= 15 is 0 Å². The number of aryl methyl sites for hydroxylation is 1. The van der Waals surface area contributed by atoms with Gasteiger partial charge >= 0.3 is 0 Å². The molecule has 2 N–H and O–H groups in total. The average molecular weight is 179 g/mol. The summed E-state index contributed by atoms with van der Waals surface area (Å²) in [5.41, 5.74) is 1.39. The number of amides is 1. The van der Waals surface area contributed by atoms with Crippen molar-refractivity contribution in [3.8, 4) is 0 Å². The molecule has 4 heteroatoms. The van der Waals surface area contributed by atoms with Crippen LogP contribution in [-0.4, -0.2) is 22.6 Å². The van der Waals surface area contributed by atoms with Gasteiger partial charge < -0.3 is 5.32 Å². The molecule has 0 spiro atoms. The zero-order valence-corrected chi connectivity index (χ0v) is 7.63. The highest BCUT2D eigenvalue weighted by Crippen LogP contribution is 2.01. The van der Waals surface area contributed by atoms with Crippen molar-refractivity contribution >= 4 is 5.91 Å². The maximum atomic E-state index is 11.4. The molecule has 0 aromatic carbocycles. The first kappa shape index (κ1) is 9.51. The third-order valence-electron chi connectivity index (χ3n) is 1.71. The summed E-state index contributed by atoms with van der Waals surface area (Å²) in [4.78, 5) is 11.4. The Morgan fingerprint density at radius 2 is 2.62 bits per heavy atom. The molecule has 0 saturated heterocycles. The van der Waals surface area contributed by atoms with Gasteiger partial charge in [-0.2, -0.15) is 5.10 Å². The van der Waals surface area contributed by atoms with Crippen molar-refractivity contribution in [1.82, 2.24) is 15.5 Å². The number of hydrogen-bond acceptors (Lipinski definition) is 2. The second kappa shape index (κ2) is 4.45. The predicted octanol–water partition coefficient (Wildman–Crippen LogP) is 1.02. The number of carbonyl (C=O) groups is 1. The Hall–Kier alpha value is -1.58. The first-order valence-corrected chi connectivity index (χ1v) is 4.14. The molecule has 1 aromatic rings. The molecule has 0 atom stereocenters. The van der Waals surface area contributed by atoms with Crippen LogP contribution in [0.15, 0.2) is 18.9 Å². The van der Waals surface area contributed by atoms with Gasteiger partial charge in [0.25, 0.3) is 5.91 Å². The molecule has 0 bridgehead atoms. The molecule has 1 amide bonds. The molecular formula is C9H13N3O. The van der Waals surface area contributed by atoms with E-state index in [-0.39, 0.29) is 5.91 Å². The fourth-order valence-corrected chi connectivity index (χ4v) is 0.963. The van der Waals surface area contributed by atoms with Crippen LogP contribution in [0.3, 0.4) is 0 Å². The van der Waals surface area contributed by atoms with Crippen molar-refractivity contribution in [3.63, 3.8) is 0 Å². The lowest BCUT2D eigenvalue weighted by atomic mass is 10.2. The summed E-state index contributed by atoms with van der Waals surface area (Å²) >= 11 is 0. The number of aromatic amines is 1. The van der Waals surface area contributed by atoms with E-state index < -0.39 is 0 Å². The summed E-state index contributed by atoms with van der Waals surface area (Å²) in [6.45, 7) is 6.00. The van der Waals surface area contributed by atoms with Gasteiger partial charge in [0.1, 0.15) is 0 Å².